The summed E-state index contributed by atoms with van der Waals surface area (Å²) in [5.41, 5.74) is 0. The lowest BCUT2D eigenvalue weighted by Gasteiger charge is -2.39. The van der Waals surface area contributed by atoms with Gasteiger partial charge in [0.1, 0.15) is 0 Å². The summed E-state index contributed by atoms with van der Waals surface area (Å²) in [7, 11) is 0. The molecule has 0 aromatic carbocycles. The Morgan fingerprint density at radius 3 is 2.88 bits per heavy atom. The molecule has 1 aliphatic heterocycles. The summed E-state index contributed by atoms with van der Waals surface area (Å²) in [5, 5.41) is 13.4. The van der Waals surface area contributed by atoms with Crippen LogP contribution in [0.2, 0.25) is 0 Å². The molecule has 2 N–H and O–H groups in total. The topological polar surface area (TPSA) is 44.7 Å². The minimum atomic E-state index is -0.255. The Morgan fingerprint density at radius 2 is 2.24 bits per heavy atom. The van der Waals surface area contributed by atoms with E-state index in [1.54, 1.807) is 0 Å². The molecule has 17 heavy (non-hydrogen) atoms. The number of nitrogens with zero attached hydrogens (tertiary/aromatic N) is 1. The highest BCUT2D eigenvalue weighted by atomic mass is 16.5. The van der Waals surface area contributed by atoms with E-state index in [9.17, 15) is 5.11 Å². The van der Waals surface area contributed by atoms with Crippen molar-refractivity contribution in [1.29, 1.82) is 0 Å². The normalized spacial score (nSPS) is 32.6. The molecule has 2 aliphatic rings. The number of aliphatic hydroxyl groups is 1. The van der Waals surface area contributed by atoms with Gasteiger partial charge in [-0.15, -0.1) is 0 Å². The van der Waals surface area contributed by atoms with Crippen molar-refractivity contribution in [2.75, 3.05) is 26.2 Å². The molecule has 0 spiro atoms. The number of nitrogens with one attached hydrogen (secondary N) is 1. The average Bonchev–Trinajstić information content (AvgIpc) is 3.10. The summed E-state index contributed by atoms with van der Waals surface area (Å²) >= 11 is 0. The van der Waals surface area contributed by atoms with E-state index >= 15 is 0 Å². The highest BCUT2D eigenvalue weighted by Gasteiger charge is 2.28. The molecular formula is C13H26N2O2. The summed E-state index contributed by atoms with van der Waals surface area (Å²) in [4.78, 5) is 2.38. The Balaban J connectivity index is 1.73. The smallest absolute Gasteiger partial charge is 0.0791 e. The molecule has 0 amide bonds. The molecule has 2 rings (SSSR count). The van der Waals surface area contributed by atoms with Gasteiger partial charge < -0.3 is 15.2 Å². The molecule has 3 atom stereocenters. The first-order valence-corrected chi connectivity index (χ1v) is 6.96. The van der Waals surface area contributed by atoms with Gasteiger partial charge in [-0.3, -0.25) is 4.90 Å². The first kappa shape index (κ1) is 13.3. The number of hydrogen-bond acceptors (Lipinski definition) is 4. The molecule has 1 saturated carbocycles. The SMILES string of the molecule is CCC1COC(C)CN1CC(O)CNC1CC1. The van der Waals surface area contributed by atoms with Gasteiger partial charge in [0, 0.05) is 31.7 Å². The second-order valence-electron chi connectivity index (χ2n) is 5.50. The van der Waals surface area contributed by atoms with Gasteiger partial charge in [-0.1, -0.05) is 6.92 Å². The summed E-state index contributed by atoms with van der Waals surface area (Å²) in [6.45, 7) is 7.54. The van der Waals surface area contributed by atoms with Crippen LogP contribution < -0.4 is 5.32 Å². The van der Waals surface area contributed by atoms with Gasteiger partial charge in [0.2, 0.25) is 0 Å². The lowest BCUT2D eigenvalue weighted by atomic mass is 10.1. The first-order chi connectivity index (χ1) is 8.19. The lowest BCUT2D eigenvalue weighted by molar-refractivity contribution is -0.0675. The summed E-state index contributed by atoms with van der Waals surface area (Å²) in [6, 6.07) is 1.15. The summed E-state index contributed by atoms with van der Waals surface area (Å²) in [5.74, 6) is 0. The van der Waals surface area contributed by atoms with Gasteiger partial charge in [-0.05, 0) is 26.2 Å². The van der Waals surface area contributed by atoms with Crippen LogP contribution in [0.15, 0.2) is 0 Å². The van der Waals surface area contributed by atoms with E-state index in [2.05, 4.69) is 24.1 Å². The van der Waals surface area contributed by atoms with Gasteiger partial charge in [0.05, 0.1) is 18.8 Å². The van der Waals surface area contributed by atoms with Crippen LogP contribution in [0.4, 0.5) is 0 Å². The Kier molecular flexibility index (Phi) is 4.79. The van der Waals surface area contributed by atoms with Crippen LogP contribution in [0.5, 0.6) is 0 Å². The van der Waals surface area contributed by atoms with Gasteiger partial charge >= 0.3 is 0 Å². The highest BCUT2D eigenvalue weighted by Crippen LogP contribution is 2.19. The van der Waals surface area contributed by atoms with Crippen molar-refractivity contribution in [3.05, 3.63) is 0 Å². The zero-order valence-corrected chi connectivity index (χ0v) is 11.1. The first-order valence-electron chi connectivity index (χ1n) is 6.96. The number of β-amino-alcohol motifs (C(OH)–C–C–N with tert-alkyl or cyclic N) is 1. The Morgan fingerprint density at radius 1 is 1.47 bits per heavy atom. The van der Waals surface area contributed by atoms with E-state index in [-0.39, 0.29) is 6.10 Å². The van der Waals surface area contributed by atoms with E-state index < -0.39 is 0 Å². The molecule has 1 heterocycles. The fraction of sp³-hybridized carbons (Fsp3) is 1.00. The predicted molar refractivity (Wildman–Crippen MR) is 68.1 cm³/mol. The zero-order valence-electron chi connectivity index (χ0n) is 11.1. The number of ether oxygens (including phenoxy) is 1. The molecule has 0 radical (unpaired) electrons. The zero-order chi connectivity index (χ0) is 12.3. The number of morpholine rings is 1. The molecule has 100 valence electrons. The van der Waals surface area contributed by atoms with Crippen molar-refractivity contribution >= 4 is 0 Å². The largest absolute Gasteiger partial charge is 0.390 e. The maximum absolute atomic E-state index is 10.0. The van der Waals surface area contributed by atoms with Crippen molar-refractivity contribution in [1.82, 2.24) is 10.2 Å². The fourth-order valence-electron chi connectivity index (χ4n) is 2.44. The molecule has 3 unspecified atom stereocenters. The maximum Gasteiger partial charge on any atom is 0.0791 e. The van der Waals surface area contributed by atoms with Crippen LogP contribution in [0.1, 0.15) is 33.1 Å². The minimum Gasteiger partial charge on any atom is -0.390 e. The van der Waals surface area contributed by atoms with Crippen molar-refractivity contribution in [2.24, 2.45) is 0 Å². The summed E-state index contributed by atoms with van der Waals surface area (Å²) < 4.78 is 5.66. The maximum atomic E-state index is 10.0. The van der Waals surface area contributed by atoms with Crippen LogP contribution in [0.25, 0.3) is 0 Å². The molecule has 4 heteroatoms. The average molecular weight is 242 g/mol. The lowest BCUT2D eigenvalue weighted by Crippen LogP contribution is -2.52. The van der Waals surface area contributed by atoms with Gasteiger partial charge in [0.15, 0.2) is 0 Å². The fourth-order valence-corrected chi connectivity index (χ4v) is 2.44. The van der Waals surface area contributed by atoms with Crippen LogP contribution in [0.3, 0.4) is 0 Å². The van der Waals surface area contributed by atoms with Gasteiger partial charge in [-0.25, -0.2) is 0 Å². The van der Waals surface area contributed by atoms with E-state index in [4.69, 9.17) is 4.74 Å². The third-order valence-corrected chi connectivity index (χ3v) is 3.72. The Labute approximate surface area is 104 Å². The predicted octanol–water partition coefficient (Wildman–Crippen LogP) is 0.599. The molecule has 1 saturated heterocycles. The van der Waals surface area contributed by atoms with Crippen LogP contribution in [-0.2, 0) is 4.74 Å². The van der Waals surface area contributed by atoms with Crippen molar-refractivity contribution in [3.63, 3.8) is 0 Å². The number of aliphatic hydroxyl groups excluding tert-OH is 1. The molecule has 0 bridgehead atoms. The standard InChI is InChI=1S/C13H26N2O2/c1-3-12-9-17-10(2)7-15(12)8-13(16)6-14-11-4-5-11/h10-14,16H,3-9H2,1-2H3. The van der Waals surface area contributed by atoms with E-state index in [1.165, 1.54) is 12.8 Å². The Hall–Kier alpha value is -0.160. The van der Waals surface area contributed by atoms with Crippen molar-refractivity contribution in [3.8, 4) is 0 Å². The highest BCUT2D eigenvalue weighted by molar-refractivity contribution is 4.84. The third kappa shape index (κ3) is 4.21. The molecule has 1 aliphatic carbocycles. The molecule has 0 aromatic rings. The quantitative estimate of drug-likeness (QED) is 0.716. The Bertz CT molecular complexity index is 233. The number of rotatable bonds is 6. The monoisotopic (exact) mass is 242 g/mol. The van der Waals surface area contributed by atoms with Crippen molar-refractivity contribution < 1.29 is 9.84 Å². The van der Waals surface area contributed by atoms with Gasteiger partial charge in [0.25, 0.3) is 0 Å². The van der Waals surface area contributed by atoms with Crippen LogP contribution in [0, 0.1) is 0 Å². The minimum absolute atomic E-state index is 0.255. The van der Waals surface area contributed by atoms with E-state index in [0.717, 1.165) is 32.7 Å². The third-order valence-electron chi connectivity index (χ3n) is 3.72. The molecule has 2 fully saturated rings. The second kappa shape index (κ2) is 6.14. The second-order valence-corrected chi connectivity index (χ2v) is 5.50. The van der Waals surface area contributed by atoms with Crippen LogP contribution >= 0.6 is 0 Å². The van der Waals surface area contributed by atoms with E-state index in [1.807, 2.05) is 0 Å². The van der Waals surface area contributed by atoms with Crippen molar-refractivity contribution in [2.45, 2.75) is 57.4 Å². The summed E-state index contributed by atoms with van der Waals surface area (Å²) in [6.07, 6.45) is 3.68. The number of hydrogen-bond donors (Lipinski definition) is 2. The van der Waals surface area contributed by atoms with Crippen LogP contribution in [-0.4, -0.2) is 60.5 Å². The molecule has 0 aromatic heterocycles. The van der Waals surface area contributed by atoms with Gasteiger partial charge in [-0.2, -0.15) is 0 Å². The molecule has 4 nitrogen and oxygen atoms in total. The molecular weight excluding hydrogens is 216 g/mol. The van der Waals surface area contributed by atoms with E-state index in [0.29, 0.717) is 18.2 Å².